The van der Waals surface area contributed by atoms with Crippen LogP contribution in [0.2, 0.25) is 0 Å². The van der Waals surface area contributed by atoms with E-state index in [-0.39, 0.29) is 49.6 Å². The van der Waals surface area contributed by atoms with E-state index in [1.807, 2.05) is 18.2 Å². The van der Waals surface area contributed by atoms with E-state index in [4.69, 9.17) is 14.2 Å². The van der Waals surface area contributed by atoms with Gasteiger partial charge >= 0.3 is 0 Å². The number of hydrogen-bond donors (Lipinski definition) is 3. The molecule has 1 saturated heterocycles. The highest BCUT2D eigenvalue weighted by atomic mass is 16.6. The topological polar surface area (TPSA) is 119 Å². The smallest absolute Gasteiger partial charge is 0.250 e. The van der Waals surface area contributed by atoms with Crippen LogP contribution in [-0.4, -0.2) is 60.5 Å². The van der Waals surface area contributed by atoms with Crippen molar-refractivity contribution in [3.63, 3.8) is 0 Å². The summed E-state index contributed by atoms with van der Waals surface area (Å²) in [5, 5.41) is 15.6. The minimum Gasteiger partial charge on any atom is -0.487 e. The number of aliphatic hydroxyl groups is 1. The zero-order valence-corrected chi connectivity index (χ0v) is 17.8. The molecule has 2 amide bonds. The Morgan fingerprint density at radius 3 is 2.91 bits per heavy atom. The summed E-state index contributed by atoms with van der Waals surface area (Å²) in [5.74, 6) is 0.278. The number of nitrogens with one attached hydrogen (secondary N) is 2. The van der Waals surface area contributed by atoms with Crippen LogP contribution in [0.25, 0.3) is 0 Å². The molecule has 4 atom stereocenters. The Hall–Kier alpha value is -3.01. The third kappa shape index (κ3) is 5.07. The molecule has 0 radical (unpaired) electrons. The molecule has 9 nitrogen and oxygen atoms in total. The first-order valence-electron chi connectivity index (χ1n) is 10.6. The lowest BCUT2D eigenvalue weighted by atomic mass is 9.84. The molecule has 3 heterocycles. The minimum absolute atomic E-state index is 0.0315. The molecule has 0 aliphatic carbocycles. The van der Waals surface area contributed by atoms with E-state index in [2.05, 4.69) is 15.6 Å². The number of aliphatic hydroxyl groups excluding tert-OH is 1. The van der Waals surface area contributed by atoms with E-state index in [0.29, 0.717) is 24.4 Å². The van der Waals surface area contributed by atoms with Gasteiger partial charge in [0.15, 0.2) is 0 Å². The van der Waals surface area contributed by atoms with E-state index < -0.39 is 6.10 Å². The third-order valence-corrected chi connectivity index (χ3v) is 5.68. The van der Waals surface area contributed by atoms with Gasteiger partial charge in [0, 0.05) is 43.2 Å². The molecule has 1 fully saturated rings. The number of methoxy groups -OCH3 is 1. The van der Waals surface area contributed by atoms with Crippen molar-refractivity contribution in [1.82, 2.24) is 10.3 Å². The van der Waals surface area contributed by atoms with Gasteiger partial charge in [0.1, 0.15) is 24.6 Å². The molecule has 0 spiro atoms. The summed E-state index contributed by atoms with van der Waals surface area (Å²) in [4.78, 5) is 28.4. The summed E-state index contributed by atoms with van der Waals surface area (Å²) >= 11 is 0. The maximum Gasteiger partial charge on any atom is 0.250 e. The second-order valence-corrected chi connectivity index (χ2v) is 7.98. The molecule has 2 aliphatic heterocycles. The van der Waals surface area contributed by atoms with Crippen LogP contribution >= 0.6 is 0 Å². The average molecular weight is 441 g/mol. The lowest BCUT2D eigenvalue weighted by Gasteiger charge is -2.37. The number of nitrogens with zero attached hydrogens (tertiary/aromatic N) is 1. The zero-order chi connectivity index (χ0) is 22.5. The van der Waals surface area contributed by atoms with Crippen LogP contribution in [0.3, 0.4) is 0 Å². The predicted octanol–water partition coefficient (Wildman–Crippen LogP) is 1.37. The predicted molar refractivity (Wildman–Crippen MR) is 115 cm³/mol. The van der Waals surface area contributed by atoms with Crippen molar-refractivity contribution >= 4 is 17.5 Å². The van der Waals surface area contributed by atoms with Gasteiger partial charge in [-0.1, -0.05) is 6.07 Å². The normalized spacial score (nSPS) is 23.6. The lowest BCUT2D eigenvalue weighted by Crippen LogP contribution is -2.47. The van der Waals surface area contributed by atoms with E-state index in [1.165, 1.54) is 7.11 Å². The second-order valence-electron chi connectivity index (χ2n) is 7.98. The number of benzene rings is 1. The van der Waals surface area contributed by atoms with Gasteiger partial charge < -0.3 is 30.0 Å². The van der Waals surface area contributed by atoms with Crippen molar-refractivity contribution in [2.24, 2.45) is 0 Å². The summed E-state index contributed by atoms with van der Waals surface area (Å²) < 4.78 is 16.9. The number of amides is 2. The molecule has 2 aliphatic rings. The van der Waals surface area contributed by atoms with Crippen LogP contribution in [0.15, 0.2) is 42.7 Å². The van der Waals surface area contributed by atoms with Gasteiger partial charge in [-0.2, -0.15) is 0 Å². The first kappa shape index (κ1) is 22.2. The fraction of sp³-hybridized carbons (Fsp3) is 0.435. The number of carbonyl (C=O) groups is 2. The van der Waals surface area contributed by atoms with Crippen molar-refractivity contribution in [3.8, 4) is 5.75 Å². The van der Waals surface area contributed by atoms with E-state index in [9.17, 15) is 14.7 Å². The Bertz CT molecular complexity index is 954. The van der Waals surface area contributed by atoms with E-state index in [1.54, 1.807) is 24.5 Å². The number of hydrogen-bond acceptors (Lipinski definition) is 7. The second kappa shape index (κ2) is 10.1. The largest absolute Gasteiger partial charge is 0.487 e. The summed E-state index contributed by atoms with van der Waals surface area (Å²) in [7, 11) is 1.46. The number of anilines is 1. The summed E-state index contributed by atoms with van der Waals surface area (Å²) in [6.07, 6.45) is 2.91. The first-order chi connectivity index (χ1) is 15.6. The van der Waals surface area contributed by atoms with Crippen LogP contribution in [0.5, 0.6) is 5.75 Å². The van der Waals surface area contributed by atoms with Gasteiger partial charge in [0.2, 0.25) is 11.8 Å². The Balaban J connectivity index is 1.42. The number of pyridine rings is 1. The van der Waals surface area contributed by atoms with Gasteiger partial charge in [0.25, 0.3) is 0 Å². The Kier molecular flexibility index (Phi) is 6.99. The number of carbonyl (C=O) groups excluding carboxylic acids is 2. The molecule has 3 N–H and O–H groups in total. The molecular formula is C23H27N3O6. The SMILES string of the molecule is COCC(=O)Nc1ccc2c(c1)[C@H]1C[C@H](CC(=O)NCc3cccnc3)O[C@@H](CO)[C@H]1O2. The van der Waals surface area contributed by atoms with E-state index in [0.717, 1.165) is 11.1 Å². The maximum absolute atomic E-state index is 12.5. The fourth-order valence-corrected chi connectivity index (χ4v) is 4.28. The van der Waals surface area contributed by atoms with Crippen LogP contribution in [-0.2, 0) is 25.6 Å². The molecule has 170 valence electrons. The van der Waals surface area contributed by atoms with E-state index >= 15 is 0 Å². The fourth-order valence-electron chi connectivity index (χ4n) is 4.28. The van der Waals surface area contributed by atoms with Gasteiger partial charge in [-0.15, -0.1) is 0 Å². The van der Waals surface area contributed by atoms with Crippen LogP contribution < -0.4 is 15.4 Å². The van der Waals surface area contributed by atoms with Crippen molar-refractivity contribution in [1.29, 1.82) is 0 Å². The number of rotatable bonds is 8. The molecule has 0 bridgehead atoms. The quantitative estimate of drug-likeness (QED) is 0.566. The molecule has 1 aromatic carbocycles. The van der Waals surface area contributed by atoms with Crippen LogP contribution in [0, 0.1) is 0 Å². The lowest BCUT2D eigenvalue weighted by molar-refractivity contribution is -0.142. The van der Waals surface area contributed by atoms with Crippen LogP contribution in [0.4, 0.5) is 5.69 Å². The van der Waals surface area contributed by atoms with Crippen molar-refractivity contribution in [2.75, 3.05) is 25.6 Å². The highest BCUT2D eigenvalue weighted by Gasteiger charge is 2.46. The molecule has 4 rings (SSSR count). The van der Waals surface area contributed by atoms with Crippen LogP contribution in [0.1, 0.15) is 29.9 Å². The van der Waals surface area contributed by atoms with Gasteiger partial charge in [-0.3, -0.25) is 14.6 Å². The monoisotopic (exact) mass is 441 g/mol. The Morgan fingerprint density at radius 2 is 2.16 bits per heavy atom. The van der Waals surface area contributed by atoms with Crippen molar-refractivity contribution in [2.45, 2.75) is 43.6 Å². The minimum atomic E-state index is -0.538. The molecule has 2 aromatic rings. The maximum atomic E-state index is 12.5. The molecule has 0 unspecified atom stereocenters. The standard InChI is InChI=1S/C23H27N3O6/c1-30-13-22(29)26-15-4-5-19-17(7-15)18-8-16(31-20(12-27)23(18)32-19)9-21(28)25-11-14-3-2-6-24-10-14/h2-7,10,16,18,20,23,27H,8-9,11-13H2,1H3,(H,25,28)(H,26,29)/t16-,18-,20+,23+/m1/s1. The molecule has 1 aromatic heterocycles. The summed E-state index contributed by atoms with van der Waals surface area (Å²) in [5.41, 5.74) is 2.50. The van der Waals surface area contributed by atoms with Crippen molar-refractivity contribution < 1.29 is 28.9 Å². The number of ether oxygens (including phenoxy) is 3. The number of aromatic nitrogens is 1. The zero-order valence-electron chi connectivity index (χ0n) is 17.8. The third-order valence-electron chi connectivity index (χ3n) is 5.68. The highest BCUT2D eigenvalue weighted by molar-refractivity contribution is 5.92. The molecule has 9 heteroatoms. The highest BCUT2D eigenvalue weighted by Crippen LogP contribution is 2.47. The Labute approximate surface area is 186 Å². The van der Waals surface area contributed by atoms with Gasteiger partial charge in [-0.25, -0.2) is 0 Å². The van der Waals surface area contributed by atoms with Crippen molar-refractivity contribution in [3.05, 3.63) is 53.9 Å². The first-order valence-corrected chi connectivity index (χ1v) is 10.6. The molecular weight excluding hydrogens is 414 g/mol. The average Bonchev–Trinajstić information content (AvgIpc) is 3.16. The Morgan fingerprint density at radius 1 is 1.28 bits per heavy atom. The number of fused-ring (bicyclic) bond motifs is 3. The summed E-state index contributed by atoms with van der Waals surface area (Å²) in [6.45, 7) is 0.155. The molecule has 32 heavy (non-hydrogen) atoms. The molecule has 0 saturated carbocycles. The summed E-state index contributed by atoms with van der Waals surface area (Å²) in [6, 6.07) is 9.17. The van der Waals surface area contributed by atoms with Gasteiger partial charge in [0.05, 0.1) is 19.1 Å². The van der Waals surface area contributed by atoms with Gasteiger partial charge in [-0.05, 0) is 36.2 Å².